The lowest BCUT2D eigenvalue weighted by Crippen LogP contribution is -2.17. The van der Waals surface area contributed by atoms with Gasteiger partial charge in [-0.2, -0.15) is 13.2 Å². The van der Waals surface area contributed by atoms with Gasteiger partial charge in [0.15, 0.2) is 0 Å². The molecule has 0 aliphatic heterocycles. The third kappa shape index (κ3) is 4.76. The number of aromatic nitrogens is 1. The number of benzene rings is 1. The summed E-state index contributed by atoms with van der Waals surface area (Å²) in [5, 5.41) is 0. The second-order valence-corrected chi connectivity index (χ2v) is 7.28. The van der Waals surface area contributed by atoms with Crippen LogP contribution in [0.5, 0.6) is 0 Å². The van der Waals surface area contributed by atoms with Crippen LogP contribution in [0.2, 0.25) is 0 Å². The van der Waals surface area contributed by atoms with Gasteiger partial charge in [-0.15, -0.1) is 0 Å². The van der Waals surface area contributed by atoms with E-state index in [2.05, 4.69) is 9.47 Å². The van der Waals surface area contributed by atoms with Gasteiger partial charge in [-0.3, -0.25) is 4.79 Å². The molecule has 0 bridgehead atoms. The molecule has 7 heteroatoms. The number of amides is 1. The molecule has 0 spiro atoms. The quantitative estimate of drug-likeness (QED) is 0.716. The van der Waals surface area contributed by atoms with Crippen LogP contribution in [0.4, 0.5) is 13.2 Å². The standard InChI is InChI=1S/C21H28F3N3O/c1-5-7-17-19(15-8-10-16(11-9-15)21(22,23)24)18(20(25)28)14(2)27(17)13-6-12-26(3)4/h8-11H,5-7,12-13H2,1-4H3,(H2,25,28). The van der Waals surface area contributed by atoms with Crippen LogP contribution in [0.25, 0.3) is 11.1 Å². The number of primary amides is 1. The fraction of sp³-hybridized carbons (Fsp3) is 0.476. The molecule has 154 valence electrons. The van der Waals surface area contributed by atoms with Crippen molar-refractivity contribution in [2.24, 2.45) is 5.73 Å². The summed E-state index contributed by atoms with van der Waals surface area (Å²) >= 11 is 0. The van der Waals surface area contributed by atoms with Crippen LogP contribution >= 0.6 is 0 Å². The highest BCUT2D eigenvalue weighted by Gasteiger charge is 2.31. The maximum atomic E-state index is 12.9. The Morgan fingerprint density at radius 3 is 2.25 bits per heavy atom. The van der Waals surface area contributed by atoms with Crippen molar-refractivity contribution in [1.29, 1.82) is 0 Å². The van der Waals surface area contributed by atoms with Gasteiger partial charge in [0.25, 0.3) is 5.91 Å². The second kappa shape index (κ2) is 8.82. The monoisotopic (exact) mass is 395 g/mol. The highest BCUT2D eigenvalue weighted by Crippen LogP contribution is 2.36. The first-order chi connectivity index (χ1) is 13.1. The lowest BCUT2D eigenvalue weighted by Gasteiger charge is -2.15. The fourth-order valence-corrected chi connectivity index (χ4v) is 3.58. The van der Waals surface area contributed by atoms with Crippen LogP contribution in [-0.2, 0) is 19.1 Å². The zero-order chi connectivity index (χ0) is 21.1. The van der Waals surface area contributed by atoms with Crippen molar-refractivity contribution in [2.75, 3.05) is 20.6 Å². The molecule has 2 rings (SSSR count). The predicted molar refractivity (Wildman–Crippen MR) is 105 cm³/mol. The van der Waals surface area contributed by atoms with E-state index in [0.717, 1.165) is 49.5 Å². The number of alkyl halides is 3. The summed E-state index contributed by atoms with van der Waals surface area (Å²) in [5.74, 6) is -0.559. The van der Waals surface area contributed by atoms with Gasteiger partial charge in [0, 0.05) is 23.5 Å². The van der Waals surface area contributed by atoms with E-state index >= 15 is 0 Å². The van der Waals surface area contributed by atoms with Crippen molar-refractivity contribution >= 4 is 5.91 Å². The molecular formula is C21H28F3N3O. The number of nitrogens with two attached hydrogens (primary N) is 1. The Morgan fingerprint density at radius 2 is 1.79 bits per heavy atom. The molecule has 0 saturated heterocycles. The summed E-state index contributed by atoms with van der Waals surface area (Å²) in [7, 11) is 4.00. The molecule has 1 heterocycles. The Bertz CT molecular complexity index is 821. The van der Waals surface area contributed by atoms with Crippen LogP contribution in [0.1, 0.15) is 47.1 Å². The Hall–Kier alpha value is -2.28. The van der Waals surface area contributed by atoms with E-state index in [1.165, 1.54) is 12.1 Å². The number of hydrogen-bond donors (Lipinski definition) is 1. The molecule has 1 aromatic heterocycles. The first-order valence-electron chi connectivity index (χ1n) is 9.42. The average Bonchev–Trinajstić information content (AvgIpc) is 2.87. The summed E-state index contributed by atoms with van der Waals surface area (Å²) in [6.45, 7) is 5.50. The molecule has 0 aliphatic carbocycles. The van der Waals surface area contributed by atoms with Crippen LogP contribution in [0.15, 0.2) is 24.3 Å². The molecule has 0 radical (unpaired) electrons. The van der Waals surface area contributed by atoms with Crippen molar-refractivity contribution in [3.05, 3.63) is 46.8 Å². The summed E-state index contributed by atoms with van der Waals surface area (Å²) < 4.78 is 40.9. The van der Waals surface area contributed by atoms with Gasteiger partial charge in [-0.25, -0.2) is 0 Å². The average molecular weight is 395 g/mol. The molecule has 1 aromatic carbocycles. The molecule has 2 N–H and O–H groups in total. The summed E-state index contributed by atoms with van der Waals surface area (Å²) in [6, 6.07) is 4.95. The number of nitrogens with zero attached hydrogens (tertiary/aromatic N) is 2. The third-order valence-corrected chi connectivity index (χ3v) is 4.85. The van der Waals surface area contributed by atoms with Crippen molar-refractivity contribution in [3.63, 3.8) is 0 Å². The van der Waals surface area contributed by atoms with Gasteiger partial charge in [0.1, 0.15) is 0 Å². The molecule has 0 aliphatic rings. The van der Waals surface area contributed by atoms with Crippen molar-refractivity contribution in [1.82, 2.24) is 9.47 Å². The van der Waals surface area contributed by atoms with Crippen molar-refractivity contribution in [3.8, 4) is 11.1 Å². The molecule has 0 saturated carbocycles. The van der Waals surface area contributed by atoms with Crippen LogP contribution < -0.4 is 5.73 Å². The number of rotatable bonds is 8. The van der Waals surface area contributed by atoms with Gasteiger partial charge in [0.2, 0.25) is 0 Å². The van der Waals surface area contributed by atoms with Gasteiger partial charge in [-0.1, -0.05) is 25.5 Å². The van der Waals surface area contributed by atoms with E-state index in [1.54, 1.807) is 0 Å². The Kier molecular flexibility index (Phi) is 6.93. The maximum absolute atomic E-state index is 12.9. The minimum Gasteiger partial charge on any atom is -0.366 e. The van der Waals surface area contributed by atoms with E-state index in [-0.39, 0.29) is 0 Å². The smallest absolute Gasteiger partial charge is 0.366 e. The Morgan fingerprint density at radius 1 is 1.18 bits per heavy atom. The molecule has 0 fully saturated rings. The SMILES string of the molecule is CCCc1c(-c2ccc(C(F)(F)F)cc2)c(C(N)=O)c(C)n1CCCN(C)C. The number of carbonyl (C=O) groups excluding carboxylic acids is 1. The zero-order valence-corrected chi connectivity index (χ0v) is 16.9. The summed E-state index contributed by atoms with van der Waals surface area (Å²) in [5.41, 5.74) is 8.31. The van der Waals surface area contributed by atoms with Gasteiger partial charge in [-0.05, 0) is 58.1 Å². The first kappa shape index (κ1) is 22.0. The highest BCUT2D eigenvalue weighted by atomic mass is 19.4. The van der Waals surface area contributed by atoms with Gasteiger partial charge < -0.3 is 15.2 Å². The van der Waals surface area contributed by atoms with E-state index < -0.39 is 17.6 Å². The first-order valence-corrected chi connectivity index (χ1v) is 9.42. The highest BCUT2D eigenvalue weighted by molar-refractivity contribution is 6.02. The minimum absolute atomic E-state index is 0.396. The molecule has 4 nitrogen and oxygen atoms in total. The van der Waals surface area contributed by atoms with Crippen molar-refractivity contribution in [2.45, 2.75) is 45.8 Å². The zero-order valence-electron chi connectivity index (χ0n) is 16.9. The van der Waals surface area contributed by atoms with Crippen molar-refractivity contribution < 1.29 is 18.0 Å². The molecule has 0 atom stereocenters. The molecular weight excluding hydrogens is 367 g/mol. The number of hydrogen-bond acceptors (Lipinski definition) is 2. The third-order valence-electron chi connectivity index (χ3n) is 4.85. The van der Waals surface area contributed by atoms with Crippen LogP contribution in [0, 0.1) is 6.92 Å². The lowest BCUT2D eigenvalue weighted by atomic mass is 9.97. The summed E-state index contributed by atoms with van der Waals surface area (Å²) in [6.07, 6.45) is -1.94. The second-order valence-electron chi connectivity index (χ2n) is 7.28. The van der Waals surface area contributed by atoms with Crippen LogP contribution in [-0.4, -0.2) is 36.0 Å². The molecule has 2 aromatic rings. The maximum Gasteiger partial charge on any atom is 0.416 e. The lowest BCUT2D eigenvalue weighted by molar-refractivity contribution is -0.137. The van der Waals surface area contributed by atoms with Crippen LogP contribution in [0.3, 0.4) is 0 Å². The Balaban J connectivity index is 2.59. The fourth-order valence-electron chi connectivity index (χ4n) is 3.58. The topological polar surface area (TPSA) is 51.3 Å². The van der Waals surface area contributed by atoms with E-state index in [4.69, 9.17) is 5.73 Å². The minimum atomic E-state index is -4.40. The Labute approximate surface area is 164 Å². The van der Waals surface area contributed by atoms with E-state index in [9.17, 15) is 18.0 Å². The van der Waals surface area contributed by atoms with Gasteiger partial charge >= 0.3 is 6.18 Å². The molecule has 0 unspecified atom stereocenters. The molecule has 1 amide bonds. The normalized spacial score (nSPS) is 12.0. The molecule has 28 heavy (non-hydrogen) atoms. The van der Waals surface area contributed by atoms with Gasteiger partial charge in [0.05, 0.1) is 11.1 Å². The number of carbonyl (C=O) groups is 1. The summed E-state index contributed by atoms with van der Waals surface area (Å²) in [4.78, 5) is 14.3. The predicted octanol–water partition coefficient (Wildman–Crippen LogP) is 4.49. The van der Waals surface area contributed by atoms with E-state index in [1.807, 2.05) is 27.9 Å². The largest absolute Gasteiger partial charge is 0.416 e. The van der Waals surface area contributed by atoms with E-state index in [0.29, 0.717) is 23.1 Å². The number of halogens is 3.